The summed E-state index contributed by atoms with van der Waals surface area (Å²) >= 11 is 0. The number of nitrogens with two attached hydrogens (primary N) is 1. The minimum absolute atomic E-state index is 0.183. The summed E-state index contributed by atoms with van der Waals surface area (Å²) in [4.78, 5) is 28.9. The molecule has 0 bridgehead atoms. The van der Waals surface area contributed by atoms with Crippen molar-refractivity contribution in [1.29, 1.82) is 5.41 Å². The Balaban J connectivity index is 1.61. The summed E-state index contributed by atoms with van der Waals surface area (Å²) in [6.45, 7) is -0.0119. The number of ether oxygens (including phenoxy) is 2. The summed E-state index contributed by atoms with van der Waals surface area (Å²) in [5.41, 5.74) is 8.21. The molecule has 0 saturated heterocycles. The molecule has 1 aliphatic rings. The van der Waals surface area contributed by atoms with E-state index in [1.807, 2.05) is 0 Å². The van der Waals surface area contributed by atoms with Crippen LogP contribution in [0, 0.1) is 5.41 Å². The first-order valence-corrected chi connectivity index (χ1v) is 13.6. The van der Waals surface area contributed by atoms with Crippen molar-refractivity contribution in [2.24, 2.45) is 5.73 Å². The van der Waals surface area contributed by atoms with E-state index in [0.29, 0.717) is 28.7 Å². The molecule has 0 unspecified atom stereocenters. The summed E-state index contributed by atoms with van der Waals surface area (Å²) in [6, 6.07) is 14.2. The SMILES string of the molecule is N=C(N)NOCCCOc1ccc2c(c1)CN(S(=O)(=O)c1ccc3ccccc3c1)[C@H](C(=O)OC(=O)C(F)(F)F)C2. The molecule has 218 valence electrons. The van der Waals surface area contributed by atoms with Crippen LogP contribution in [0.3, 0.4) is 0 Å². The van der Waals surface area contributed by atoms with Gasteiger partial charge in [-0.2, -0.15) is 17.5 Å². The lowest BCUT2D eigenvalue weighted by molar-refractivity contribution is -0.203. The number of guanidine groups is 1. The quantitative estimate of drug-likeness (QED) is 0.0845. The number of nitrogens with one attached hydrogen (secondary N) is 2. The van der Waals surface area contributed by atoms with E-state index in [2.05, 4.69) is 10.2 Å². The van der Waals surface area contributed by atoms with Crippen LogP contribution in [0.5, 0.6) is 5.75 Å². The van der Waals surface area contributed by atoms with E-state index in [1.54, 1.807) is 48.5 Å². The normalized spacial score (nSPS) is 15.6. The molecular formula is C26H25F3N4O7S. The first-order valence-electron chi connectivity index (χ1n) is 12.2. The van der Waals surface area contributed by atoms with Crippen molar-refractivity contribution in [2.75, 3.05) is 13.2 Å². The van der Waals surface area contributed by atoms with Crippen LogP contribution in [0.15, 0.2) is 65.6 Å². The lowest BCUT2D eigenvalue weighted by atomic mass is 9.95. The first-order chi connectivity index (χ1) is 19.4. The third-order valence-electron chi connectivity index (χ3n) is 6.13. The number of esters is 2. The van der Waals surface area contributed by atoms with Gasteiger partial charge in [-0.1, -0.05) is 36.4 Å². The molecule has 3 aromatic rings. The van der Waals surface area contributed by atoms with Gasteiger partial charge in [0.1, 0.15) is 11.8 Å². The summed E-state index contributed by atoms with van der Waals surface area (Å²) in [7, 11) is -4.46. The van der Waals surface area contributed by atoms with E-state index in [4.69, 9.17) is 20.7 Å². The van der Waals surface area contributed by atoms with Gasteiger partial charge in [-0.25, -0.2) is 23.5 Å². The molecule has 3 aromatic carbocycles. The van der Waals surface area contributed by atoms with E-state index in [-0.39, 0.29) is 30.5 Å². The molecule has 41 heavy (non-hydrogen) atoms. The molecule has 0 aromatic heterocycles. The van der Waals surface area contributed by atoms with Crippen molar-refractivity contribution in [3.8, 4) is 5.75 Å². The Kier molecular flexibility index (Phi) is 8.80. The molecule has 0 aliphatic carbocycles. The number of nitrogens with zero attached hydrogens (tertiary/aromatic N) is 1. The van der Waals surface area contributed by atoms with Gasteiger partial charge in [0.25, 0.3) is 0 Å². The van der Waals surface area contributed by atoms with Crippen molar-refractivity contribution in [3.63, 3.8) is 0 Å². The summed E-state index contributed by atoms with van der Waals surface area (Å²) in [5.74, 6) is -4.35. The van der Waals surface area contributed by atoms with Crippen LogP contribution in [0.4, 0.5) is 13.2 Å². The Morgan fingerprint density at radius 2 is 1.76 bits per heavy atom. The van der Waals surface area contributed by atoms with E-state index in [0.717, 1.165) is 9.69 Å². The minimum Gasteiger partial charge on any atom is -0.493 e. The Labute approximate surface area is 232 Å². The number of benzene rings is 3. The third-order valence-corrected chi connectivity index (χ3v) is 7.98. The van der Waals surface area contributed by atoms with E-state index in [1.165, 1.54) is 12.1 Å². The molecule has 0 radical (unpaired) electrons. The fourth-order valence-electron chi connectivity index (χ4n) is 4.21. The number of carbonyl (C=O) groups is 2. The van der Waals surface area contributed by atoms with E-state index < -0.39 is 40.7 Å². The molecular weight excluding hydrogens is 569 g/mol. The number of fused-ring (bicyclic) bond motifs is 2. The first kappa shape index (κ1) is 29.8. The topological polar surface area (TPSA) is 161 Å². The predicted molar refractivity (Wildman–Crippen MR) is 139 cm³/mol. The smallest absolute Gasteiger partial charge is 0.491 e. The van der Waals surface area contributed by atoms with Crippen LogP contribution in [0.25, 0.3) is 10.8 Å². The number of carbonyl (C=O) groups excluding carboxylic acids is 2. The molecule has 15 heteroatoms. The van der Waals surface area contributed by atoms with Crippen molar-refractivity contribution >= 4 is 38.7 Å². The highest BCUT2D eigenvalue weighted by Crippen LogP contribution is 2.33. The highest BCUT2D eigenvalue weighted by molar-refractivity contribution is 7.89. The van der Waals surface area contributed by atoms with Crippen LogP contribution in [0.1, 0.15) is 17.5 Å². The Bertz CT molecular complexity index is 1580. The molecule has 4 rings (SSSR count). The molecule has 0 fully saturated rings. The Hall–Kier alpha value is -4.21. The van der Waals surface area contributed by atoms with Crippen molar-refractivity contribution in [1.82, 2.24) is 9.79 Å². The molecule has 1 heterocycles. The third kappa shape index (κ3) is 7.11. The Morgan fingerprint density at radius 1 is 1.02 bits per heavy atom. The number of hydroxylamine groups is 1. The highest BCUT2D eigenvalue weighted by atomic mass is 32.2. The lowest BCUT2D eigenvalue weighted by Crippen LogP contribution is -2.50. The van der Waals surface area contributed by atoms with Gasteiger partial charge in [-0.3, -0.25) is 10.2 Å². The van der Waals surface area contributed by atoms with Crippen molar-refractivity contribution in [3.05, 3.63) is 71.8 Å². The second-order valence-electron chi connectivity index (χ2n) is 8.98. The largest absolute Gasteiger partial charge is 0.493 e. The number of hydrogen-bond donors (Lipinski definition) is 3. The van der Waals surface area contributed by atoms with Gasteiger partial charge in [0.2, 0.25) is 16.0 Å². The average molecular weight is 595 g/mol. The summed E-state index contributed by atoms with van der Waals surface area (Å²) in [6.07, 6.45) is -5.36. The summed E-state index contributed by atoms with van der Waals surface area (Å²) in [5, 5.41) is 8.37. The van der Waals surface area contributed by atoms with Gasteiger partial charge in [0.15, 0.2) is 0 Å². The number of halogens is 3. The maximum atomic E-state index is 13.8. The van der Waals surface area contributed by atoms with Gasteiger partial charge in [-0.15, -0.1) is 0 Å². The Morgan fingerprint density at radius 3 is 2.46 bits per heavy atom. The highest BCUT2D eigenvalue weighted by Gasteiger charge is 2.46. The van der Waals surface area contributed by atoms with Crippen LogP contribution < -0.4 is 16.0 Å². The van der Waals surface area contributed by atoms with Crippen molar-refractivity contribution < 1.29 is 45.5 Å². The second-order valence-corrected chi connectivity index (χ2v) is 10.9. The number of rotatable bonds is 9. The van der Waals surface area contributed by atoms with Crippen LogP contribution in [0.2, 0.25) is 0 Å². The zero-order valence-electron chi connectivity index (χ0n) is 21.3. The van der Waals surface area contributed by atoms with Crippen LogP contribution in [-0.4, -0.2) is 56.1 Å². The number of hydrogen-bond acceptors (Lipinski definition) is 8. The van der Waals surface area contributed by atoms with Gasteiger partial charge < -0.3 is 15.2 Å². The fraction of sp³-hybridized carbons (Fsp3) is 0.269. The standard InChI is InChI=1S/C26H25F3N4O7S/c27-26(28,29)24(35)40-23(34)22-14-18-6-8-20(38-10-3-11-39-32-25(30)31)12-19(18)15-33(22)41(36,37)21-9-7-16-4-1-2-5-17(16)13-21/h1-2,4-9,12-13,22H,3,10-11,14-15H2,(H4,30,31,32)/t22-/m0/s1. The molecule has 1 atom stereocenters. The zero-order valence-corrected chi connectivity index (χ0v) is 22.1. The molecule has 0 amide bonds. The monoisotopic (exact) mass is 594 g/mol. The second kappa shape index (κ2) is 12.1. The molecule has 1 aliphatic heterocycles. The van der Waals surface area contributed by atoms with Crippen LogP contribution >= 0.6 is 0 Å². The maximum absolute atomic E-state index is 13.8. The van der Waals surface area contributed by atoms with E-state index >= 15 is 0 Å². The van der Waals surface area contributed by atoms with Gasteiger partial charge >= 0.3 is 18.1 Å². The van der Waals surface area contributed by atoms with Crippen LogP contribution in [-0.2, 0) is 42.2 Å². The molecule has 11 nitrogen and oxygen atoms in total. The number of alkyl halides is 3. The van der Waals surface area contributed by atoms with Gasteiger partial charge in [0.05, 0.1) is 18.1 Å². The lowest BCUT2D eigenvalue weighted by Gasteiger charge is -2.34. The fourth-order valence-corrected chi connectivity index (χ4v) is 5.80. The number of sulfonamides is 1. The maximum Gasteiger partial charge on any atom is 0.491 e. The summed E-state index contributed by atoms with van der Waals surface area (Å²) < 4.78 is 76.5. The molecule has 4 N–H and O–H groups in total. The zero-order chi connectivity index (χ0) is 29.8. The average Bonchev–Trinajstić information content (AvgIpc) is 2.93. The molecule has 0 saturated carbocycles. The predicted octanol–water partition coefficient (Wildman–Crippen LogP) is 2.77. The minimum atomic E-state index is -5.44. The van der Waals surface area contributed by atoms with E-state index in [9.17, 15) is 31.2 Å². The molecule has 0 spiro atoms. The van der Waals surface area contributed by atoms with Gasteiger partial charge in [-0.05, 0) is 46.2 Å². The van der Waals surface area contributed by atoms with Gasteiger partial charge in [0, 0.05) is 19.4 Å². The van der Waals surface area contributed by atoms with Crippen molar-refractivity contribution in [2.45, 2.75) is 36.5 Å².